The molecular weight excluding hydrogens is 510 g/mol. The molecule has 0 atom stereocenters. The highest BCUT2D eigenvalue weighted by Gasteiger charge is 2.15. The number of amides is 1. The molecule has 0 aliphatic rings. The normalized spacial score (nSPS) is 11.2. The van der Waals surface area contributed by atoms with Crippen LogP contribution in [-0.4, -0.2) is 35.5 Å². The van der Waals surface area contributed by atoms with Crippen molar-refractivity contribution in [2.75, 3.05) is 0 Å². The highest BCUT2D eigenvalue weighted by Crippen LogP contribution is 2.34. The first-order valence-electron chi connectivity index (χ1n) is 13.3. The molecule has 0 saturated carbocycles. The topological polar surface area (TPSA) is 101 Å². The lowest BCUT2D eigenvalue weighted by atomic mass is 9.97. The van der Waals surface area contributed by atoms with E-state index in [0.29, 0.717) is 12.1 Å². The molecule has 41 heavy (non-hydrogen) atoms. The molecular formula is C33H25N7O. The molecule has 2 N–H and O–H groups in total. The van der Waals surface area contributed by atoms with E-state index in [-0.39, 0.29) is 5.91 Å². The number of hydrogen-bond acceptors (Lipinski definition) is 5. The first-order chi connectivity index (χ1) is 20.1. The maximum absolute atomic E-state index is 12.8. The Bertz CT molecular complexity index is 2010. The molecule has 0 aliphatic heterocycles. The van der Waals surface area contributed by atoms with Crippen LogP contribution >= 0.6 is 0 Å². The number of rotatable bonds is 6. The van der Waals surface area contributed by atoms with Crippen molar-refractivity contribution < 1.29 is 4.79 Å². The van der Waals surface area contributed by atoms with Gasteiger partial charge >= 0.3 is 0 Å². The number of nitrogens with zero attached hydrogens (tertiary/aromatic N) is 5. The molecule has 0 saturated heterocycles. The van der Waals surface area contributed by atoms with Gasteiger partial charge in [-0.05, 0) is 48.4 Å². The number of pyridine rings is 3. The van der Waals surface area contributed by atoms with Crippen LogP contribution in [0.2, 0.25) is 0 Å². The predicted octanol–water partition coefficient (Wildman–Crippen LogP) is 6.24. The summed E-state index contributed by atoms with van der Waals surface area (Å²) in [7, 11) is 0. The van der Waals surface area contributed by atoms with E-state index in [1.54, 1.807) is 18.6 Å². The lowest BCUT2D eigenvalue weighted by Gasteiger charge is -2.13. The van der Waals surface area contributed by atoms with E-state index in [0.717, 1.165) is 61.6 Å². The SMILES string of the molecule is Cc1nnc2c3cc(-c4ccccc4)c(-c4ccc(CNC(=O)c5c[nH]c(-c6cccnc6)c5)cc4)nc3ccn12. The van der Waals surface area contributed by atoms with Gasteiger partial charge in [-0.15, -0.1) is 10.2 Å². The second-order valence-electron chi connectivity index (χ2n) is 9.86. The zero-order valence-electron chi connectivity index (χ0n) is 22.2. The summed E-state index contributed by atoms with van der Waals surface area (Å²) in [5.41, 5.74) is 8.96. The number of aromatic nitrogens is 6. The van der Waals surface area contributed by atoms with Crippen molar-refractivity contribution in [2.24, 2.45) is 0 Å². The van der Waals surface area contributed by atoms with E-state index < -0.39 is 0 Å². The van der Waals surface area contributed by atoms with Crippen molar-refractivity contribution in [1.29, 1.82) is 0 Å². The Morgan fingerprint density at radius 2 is 1.73 bits per heavy atom. The predicted molar refractivity (Wildman–Crippen MR) is 159 cm³/mol. The Labute approximate surface area is 235 Å². The third-order valence-corrected chi connectivity index (χ3v) is 7.22. The molecule has 5 aromatic heterocycles. The molecule has 8 nitrogen and oxygen atoms in total. The monoisotopic (exact) mass is 535 g/mol. The fourth-order valence-corrected chi connectivity index (χ4v) is 5.05. The standard InChI is InChI=1S/C33H25N7O/c1-21-38-39-32-28-17-27(23-6-3-2-4-7-23)31(37-29(28)13-15-40(21)32)24-11-9-22(10-12-24)18-36-33(41)26-16-30(35-20-26)25-8-5-14-34-19-25/h2-17,19-20,35H,18H2,1H3,(H,36,41). The molecule has 0 radical (unpaired) electrons. The number of fused-ring (bicyclic) bond motifs is 3. The van der Waals surface area contributed by atoms with Crippen molar-refractivity contribution in [3.8, 4) is 33.6 Å². The Morgan fingerprint density at radius 1 is 0.902 bits per heavy atom. The van der Waals surface area contributed by atoms with Crippen molar-refractivity contribution in [1.82, 2.24) is 34.9 Å². The summed E-state index contributed by atoms with van der Waals surface area (Å²) < 4.78 is 1.98. The number of aromatic amines is 1. The van der Waals surface area contributed by atoms with Gasteiger partial charge in [-0.3, -0.25) is 14.2 Å². The molecule has 2 aromatic carbocycles. The third-order valence-electron chi connectivity index (χ3n) is 7.22. The zero-order chi connectivity index (χ0) is 27.8. The molecule has 0 fully saturated rings. The lowest BCUT2D eigenvalue weighted by molar-refractivity contribution is 0.0951. The number of carbonyl (C=O) groups is 1. The van der Waals surface area contributed by atoms with Gasteiger partial charge in [-0.2, -0.15) is 0 Å². The quantitative estimate of drug-likeness (QED) is 0.263. The van der Waals surface area contributed by atoms with Gasteiger partial charge in [0.1, 0.15) is 5.82 Å². The van der Waals surface area contributed by atoms with Crippen LogP contribution in [0.25, 0.3) is 50.2 Å². The number of benzene rings is 2. The summed E-state index contributed by atoms with van der Waals surface area (Å²) in [6.45, 7) is 2.35. The smallest absolute Gasteiger partial charge is 0.253 e. The minimum absolute atomic E-state index is 0.141. The second-order valence-corrected chi connectivity index (χ2v) is 9.86. The average Bonchev–Trinajstić information content (AvgIpc) is 3.68. The molecule has 198 valence electrons. The fourth-order valence-electron chi connectivity index (χ4n) is 5.05. The van der Waals surface area contributed by atoms with Gasteiger partial charge < -0.3 is 10.3 Å². The van der Waals surface area contributed by atoms with E-state index in [2.05, 4.69) is 55.8 Å². The summed E-state index contributed by atoms with van der Waals surface area (Å²) in [4.78, 5) is 25.2. The van der Waals surface area contributed by atoms with Gasteiger partial charge in [0.25, 0.3) is 5.91 Å². The maximum Gasteiger partial charge on any atom is 0.253 e. The molecule has 0 aliphatic carbocycles. The van der Waals surface area contributed by atoms with E-state index in [1.165, 1.54) is 0 Å². The number of carbonyl (C=O) groups excluding carboxylic acids is 1. The molecule has 0 unspecified atom stereocenters. The van der Waals surface area contributed by atoms with Crippen LogP contribution in [0.15, 0.2) is 110 Å². The van der Waals surface area contributed by atoms with Crippen LogP contribution in [0, 0.1) is 6.92 Å². The van der Waals surface area contributed by atoms with Gasteiger partial charge in [0, 0.05) is 59.1 Å². The fraction of sp³-hybridized carbons (Fsp3) is 0.0606. The van der Waals surface area contributed by atoms with Crippen LogP contribution in [0.5, 0.6) is 0 Å². The Kier molecular flexibility index (Phi) is 6.05. The summed E-state index contributed by atoms with van der Waals surface area (Å²) >= 11 is 0. The van der Waals surface area contributed by atoms with E-state index in [9.17, 15) is 4.79 Å². The van der Waals surface area contributed by atoms with Gasteiger partial charge in [0.2, 0.25) is 0 Å². The molecule has 0 spiro atoms. The maximum atomic E-state index is 12.8. The van der Waals surface area contributed by atoms with Crippen molar-refractivity contribution in [3.05, 3.63) is 127 Å². The molecule has 5 heterocycles. The number of nitrogens with one attached hydrogen (secondary N) is 2. The largest absolute Gasteiger partial charge is 0.360 e. The molecule has 7 aromatic rings. The highest BCUT2D eigenvalue weighted by molar-refractivity contribution is 5.98. The average molecular weight is 536 g/mol. The van der Waals surface area contributed by atoms with Crippen molar-refractivity contribution >= 4 is 22.5 Å². The first-order valence-corrected chi connectivity index (χ1v) is 13.3. The number of hydrogen-bond donors (Lipinski definition) is 2. The second kappa shape index (κ2) is 10.2. The summed E-state index contributed by atoms with van der Waals surface area (Å²) in [6.07, 6.45) is 7.16. The van der Waals surface area contributed by atoms with Crippen LogP contribution in [0.4, 0.5) is 0 Å². The lowest BCUT2D eigenvalue weighted by Crippen LogP contribution is -2.22. The highest BCUT2D eigenvalue weighted by atomic mass is 16.1. The van der Waals surface area contributed by atoms with Gasteiger partial charge in [-0.1, -0.05) is 54.6 Å². The minimum atomic E-state index is -0.141. The summed E-state index contributed by atoms with van der Waals surface area (Å²) in [6, 6.07) is 28.2. The summed E-state index contributed by atoms with van der Waals surface area (Å²) in [5, 5.41) is 12.6. The van der Waals surface area contributed by atoms with Crippen LogP contribution in [-0.2, 0) is 6.54 Å². The number of H-pyrrole nitrogens is 1. The molecule has 8 heteroatoms. The minimum Gasteiger partial charge on any atom is -0.360 e. The van der Waals surface area contributed by atoms with Crippen molar-refractivity contribution in [2.45, 2.75) is 13.5 Å². The number of aryl methyl sites for hydroxylation is 1. The first kappa shape index (κ1) is 24.4. The Morgan fingerprint density at radius 3 is 2.54 bits per heavy atom. The van der Waals surface area contributed by atoms with E-state index >= 15 is 0 Å². The molecule has 7 rings (SSSR count). The zero-order valence-corrected chi connectivity index (χ0v) is 22.2. The van der Waals surface area contributed by atoms with Gasteiger partial charge in [0.05, 0.1) is 16.8 Å². The molecule has 1 amide bonds. The van der Waals surface area contributed by atoms with Gasteiger partial charge in [-0.25, -0.2) is 4.98 Å². The molecule has 0 bridgehead atoms. The van der Waals surface area contributed by atoms with E-state index in [4.69, 9.17) is 4.98 Å². The van der Waals surface area contributed by atoms with Crippen LogP contribution < -0.4 is 5.32 Å². The van der Waals surface area contributed by atoms with Crippen molar-refractivity contribution in [3.63, 3.8) is 0 Å². The van der Waals surface area contributed by atoms with Crippen LogP contribution in [0.1, 0.15) is 21.7 Å². The van der Waals surface area contributed by atoms with Gasteiger partial charge in [0.15, 0.2) is 5.65 Å². The Hall–Kier alpha value is -5.63. The van der Waals surface area contributed by atoms with E-state index in [1.807, 2.05) is 72.1 Å². The Balaban J connectivity index is 1.16. The summed E-state index contributed by atoms with van der Waals surface area (Å²) in [5.74, 6) is 0.693. The third kappa shape index (κ3) is 4.61. The van der Waals surface area contributed by atoms with Crippen LogP contribution in [0.3, 0.4) is 0 Å².